The summed E-state index contributed by atoms with van der Waals surface area (Å²) in [4.78, 5) is 25.3. The lowest BCUT2D eigenvalue weighted by atomic mass is 9.82. The van der Waals surface area contributed by atoms with Crippen LogP contribution in [0, 0.1) is 0 Å². The van der Waals surface area contributed by atoms with E-state index in [1.807, 2.05) is 12.1 Å². The Morgan fingerprint density at radius 3 is 2.42 bits per heavy atom. The van der Waals surface area contributed by atoms with Crippen LogP contribution >= 0.6 is 0 Å². The van der Waals surface area contributed by atoms with E-state index < -0.39 is 17.7 Å². The van der Waals surface area contributed by atoms with E-state index in [-0.39, 0.29) is 12.0 Å². The van der Waals surface area contributed by atoms with Crippen molar-refractivity contribution in [2.24, 2.45) is 5.10 Å². The van der Waals surface area contributed by atoms with Crippen molar-refractivity contribution in [3.63, 3.8) is 0 Å². The summed E-state index contributed by atoms with van der Waals surface area (Å²) in [6.45, 7) is 13.7. The van der Waals surface area contributed by atoms with Gasteiger partial charge < -0.3 is 9.47 Å². The molecule has 0 saturated carbocycles. The van der Waals surface area contributed by atoms with E-state index in [9.17, 15) is 9.59 Å². The summed E-state index contributed by atoms with van der Waals surface area (Å²) in [5.41, 5.74) is 4.30. The molecular weight excluding hydrogens is 416 g/mol. The summed E-state index contributed by atoms with van der Waals surface area (Å²) in [5, 5.41) is 5.75. The quantitative estimate of drug-likeness (QED) is 0.303. The van der Waals surface area contributed by atoms with Gasteiger partial charge >= 0.3 is 12.1 Å². The second-order valence-corrected chi connectivity index (χ2v) is 9.52. The maximum Gasteiger partial charge on any atom is 0.435 e. The fourth-order valence-electron chi connectivity index (χ4n) is 3.99. The molecule has 2 aromatic carbocycles. The van der Waals surface area contributed by atoms with Crippen LogP contribution in [0.1, 0.15) is 70.0 Å². The number of hydrogen-bond donors (Lipinski definition) is 0. The largest absolute Gasteiger partial charge is 0.462 e. The van der Waals surface area contributed by atoms with Gasteiger partial charge in [0.1, 0.15) is 5.60 Å². The molecule has 0 aliphatic heterocycles. The highest BCUT2D eigenvalue weighted by molar-refractivity contribution is 6.00. The Bertz CT molecular complexity index is 1120. The lowest BCUT2D eigenvalue weighted by Crippen LogP contribution is -2.34. The van der Waals surface area contributed by atoms with Crippen molar-refractivity contribution in [1.82, 2.24) is 0 Å². The van der Waals surface area contributed by atoms with E-state index in [0.717, 1.165) is 11.1 Å². The van der Waals surface area contributed by atoms with Crippen molar-refractivity contribution in [2.45, 2.75) is 59.5 Å². The van der Waals surface area contributed by atoms with Crippen LogP contribution in [0.4, 0.5) is 10.5 Å². The number of rotatable bonds is 5. The Morgan fingerprint density at radius 2 is 1.79 bits per heavy atom. The van der Waals surface area contributed by atoms with Crippen molar-refractivity contribution in [3.8, 4) is 0 Å². The summed E-state index contributed by atoms with van der Waals surface area (Å²) in [6.07, 6.45) is 1.09. The van der Waals surface area contributed by atoms with Crippen LogP contribution in [-0.4, -0.2) is 30.5 Å². The molecule has 6 heteroatoms. The first-order valence-corrected chi connectivity index (χ1v) is 11.1. The number of carbonyl (C=O) groups is 2. The van der Waals surface area contributed by atoms with Gasteiger partial charge in [0.05, 0.1) is 24.1 Å². The summed E-state index contributed by atoms with van der Waals surface area (Å²) in [6, 6.07) is 14.9. The second kappa shape index (κ2) is 9.22. The third-order valence-electron chi connectivity index (χ3n) is 5.55. The van der Waals surface area contributed by atoms with Gasteiger partial charge in [-0.1, -0.05) is 44.2 Å². The van der Waals surface area contributed by atoms with Gasteiger partial charge in [-0.25, -0.2) is 9.59 Å². The average Bonchev–Trinajstić information content (AvgIpc) is 2.93. The monoisotopic (exact) mass is 448 g/mol. The zero-order valence-corrected chi connectivity index (χ0v) is 20.4. The molecule has 0 fully saturated rings. The number of hydrogen-bond acceptors (Lipinski definition) is 5. The lowest BCUT2D eigenvalue weighted by Gasteiger charge is -2.26. The van der Waals surface area contributed by atoms with Gasteiger partial charge in [-0.15, -0.1) is 0 Å². The Morgan fingerprint density at radius 1 is 1.09 bits per heavy atom. The van der Waals surface area contributed by atoms with Crippen LogP contribution in [0.15, 0.2) is 59.2 Å². The van der Waals surface area contributed by atoms with Gasteiger partial charge in [0.2, 0.25) is 0 Å². The molecule has 0 aromatic heterocycles. The zero-order valence-electron chi connectivity index (χ0n) is 20.4. The molecule has 1 aliphatic rings. The molecule has 0 atom stereocenters. The Balaban J connectivity index is 2.03. The minimum Gasteiger partial charge on any atom is -0.462 e. The van der Waals surface area contributed by atoms with E-state index in [1.165, 1.54) is 16.1 Å². The third kappa shape index (κ3) is 5.16. The fraction of sp³-hybridized carbons (Fsp3) is 0.370. The smallest absolute Gasteiger partial charge is 0.435 e. The number of hydrazone groups is 1. The molecule has 0 spiro atoms. The number of nitrogens with zero attached hydrogens (tertiary/aromatic N) is 2. The summed E-state index contributed by atoms with van der Waals surface area (Å²) in [7, 11) is 0. The molecule has 3 rings (SSSR count). The van der Waals surface area contributed by atoms with E-state index in [0.29, 0.717) is 11.3 Å². The van der Waals surface area contributed by atoms with Gasteiger partial charge in [0, 0.05) is 5.41 Å². The fourth-order valence-corrected chi connectivity index (χ4v) is 3.99. The average molecular weight is 449 g/mol. The number of allylic oxidation sites excluding steroid dienone is 2. The predicted octanol–water partition coefficient (Wildman–Crippen LogP) is 6.36. The number of benzene rings is 2. The SMILES string of the molecule is CCOC(=O)c1cccc(N(/N=C/C2=C(C)c3ccccc3C2(C)C)C(=O)OC(C)(C)C)c1. The molecule has 0 saturated heterocycles. The Kier molecular flexibility index (Phi) is 6.77. The number of fused-ring (bicyclic) bond motifs is 1. The molecule has 174 valence electrons. The standard InChI is InChI=1S/C27H32N2O4/c1-8-32-24(30)19-12-11-13-20(16-19)29(25(31)33-26(3,4)5)28-17-23-18(2)21-14-9-10-15-22(21)27(23,6)7/h9-17H,8H2,1-7H3/b28-17+. The maximum atomic E-state index is 13.1. The molecule has 0 bridgehead atoms. The van der Waals surface area contributed by atoms with Gasteiger partial charge in [-0.2, -0.15) is 10.1 Å². The number of amides is 1. The molecule has 1 amide bonds. The molecule has 0 radical (unpaired) electrons. The molecule has 1 aliphatic carbocycles. The lowest BCUT2D eigenvalue weighted by molar-refractivity contribution is 0.0522. The first-order chi connectivity index (χ1) is 15.5. The number of anilines is 1. The highest BCUT2D eigenvalue weighted by Gasteiger charge is 2.35. The van der Waals surface area contributed by atoms with E-state index in [4.69, 9.17) is 9.47 Å². The number of carbonyl (C=O) groups excluding carboxylic acids is 2. The molecule has 0 heterocycles. The van der Waals surface area contributed by atoms with Crippen LogP contribution in [-0.2, 0) is 14.9 Å². The molecule has 0 unspecified atom stereocenters. The molecule has 0 N–H and O–H groups in total. The van der Waals surface area contributed by atoms with Crippen molar-refractivity contribution in [2.75, 3.05) is 11.6 Å². The Labute approximate surface area is 195 Å². The summed E-state index contributed by atoms with van der Waals surface area (Å²) in [5.74, 6) is -0.460. The number of ether oxygens (including phenoxy) is 2. The normalized spacial score (nSPS) is 14.9. The maximum absolute atomic E-state index is 13.1. The van der Waals surface area contributed by atoms with Gasteiger partial charge in [-0.3, -0.25) is 0 Å². The molecule has 33 heavy (non-hydrogen) atoms. The van der Waals surface area contributed by atoms with Crippen LogP contribution in [0.3, 0.4) is 0 Å². The highest BCUT2D eigenvalue weighted by atomic mass is 16.6. The second-order valence-electron chi connectivity index (χ2n) is 9.52. The van der Waals surface area contributed by atoms with Gasteiger partial charge in [0.15, 0.2) is 0 Å². The molecular formula is C27H32N2O4. The van der Waals surface area contributed by atoms with Crippen LogP contribution < -0.4 is 5.01 Å². The van der Waals surface area contributed by atoms with Crippen molar-refractivity contribution >= 4 is 29.5 Å². The van der Waals surface area contributed by atoms with E-state index in [2.05, 4.69) is 38.0 Å². The predicted molar refractivity (Wildman–Crippen MR) is 132 cm³/mol. The van der Waals surface area contributed by atoms with E-state index >= 15 is 0 Å². The van der Waals surface area contributed by atoms with Crippen LogP contribution in [0.2, 0.25) is 0 Å². The van der Waals surface area contributed by atoms with E-state index in [1.54, 1.807) is 58.2 Å². The summed E-state index contributed by atoms with van der Waals surface area (Å²) >= 11 is 0. The number of esters is 1. The van der Waals surface area contributed by atoms with Crippen molar-refractivity contribution in [3.05, 3.63) is 70.8 Å². The first kappa shape index (κ1) is 24.2. The van der Waals surface area contributed by atoms with Gasteiger partial charge in [-0.05, 0) is 75.1 Å². The molecule has 2 aromatic rings. The molecule has 6 nitrogen and oxygen atoms in total. The zero-order chi connectivity index (χ0) is 24.4. The topological polar surface area (TPSA) is 68.2 Å². The minimum atomic E-state index is -0.707. The third-order valence-corrected chi connectivity index (χ3v) is 5.55. The van der Waals surface area contributed by atoms with Gasteiger partial charge in [0.25, 0.3) is 0 Å². The Hall–Kier alpha value is -3.41. The highest BCUT2D eigenvalue weighted by Crippen LogP contribution is 2.45. The van der Waals surface area contributed by atoms with Crippen LogP contribution in [0.5, 0.6) is 0 Å². The minimum absolute atomic E-state index is 0.264. The van der Waals surface area contributed by atoms with Crippen molar-refractivity contribution in [1.29, 1.82) is 0 Å². The van der Waals surface area contributed by atoms with Crippen LogP contribution in [0.25, 0.3) is 5.57 Å². The first-order valence-electron chi connectivity index (χ1n) is 11.1. The van der Waals surface area contributed by atoms with Crippen molar-refractivity contribution < 1.29 is 19.1 Å². The summed E-state index contributed by atoms with van der Waals surface area (Å²) < 4.78 is 10.7.